The van der Waals surface area contributed by atoms with Crippen molar-refractivity contribution in [2.24, 2.45) is 5.73 Å². The van der Waals surface area contributed by atoms with Gasteiger partial charge in [-0.05, 0) is 49.4 Å². The van der Waals surface area contributed by atoms with Crippen molar-refractivity contribution in [1.82, 2.24) is 0 Å². The van der Waals surface area contributed by atoms with E-state index in [4.69, 9.17) is 5.73 Å². The van der Waals surface area contributed by atoms with E-state index in [1.807, 2.05) is 19.9 Å². The van der Waals surface area contributed by atoms with Gasteiger partial charge in [-0.25, -0.2) is 0 Å². The molecule has 23 heavy (non-hydrogen) atoms. The maximum absolute atomic E-state index is 12.3. The number of hydrogen-bond donors (Lipinski definition) is 2. The lowest BCUT2D eigenvalue weighted by Gasteiger charge is -2.20. The predicted octanol–water partition coefficient (Wildman–Crippen LogP) is 3.84. The van der Waals surface area contributed by atoms with Crippen molar-refractivity contribution in [3.63, 3.8) is 0 Å². The first-order chi connectivity index (χ1) is 10.8. The SMILES string of the molecule is CCc1cc(C(N)c2cccc(C)c2)cc2c1NC(=O)C2(C)C. The second-order valence-corrected chi connectivity index (χ2v) is 6.93. The third kappa shape index (κ3) is 2.55. The molecule has 0 saturated heterocycles. The zero-order chi connectivity index (χ0) is 16.8. The monoisotopic (exact) mass is 308 g/mol. The first-order valence-corrected chi connectivity index (χ1v) is 8.15. The van der Waals surface area contributed by atoms with E-state index in [0.29, 0.717) is 0 Å². The van der Waals surface area contributed by atoms with Crippen LogP contribution in [0.25, 0.3) is 0 Å². The van der Waals surface area contributed by atoms with Gasteiger partial charge < -0.3 is 11.1 Å². The first kappa shape index (κ1) is 15.8. The standard InChI is InChI=1S/C20H24N2O/c1-5-13-10-15(17(21)14-8-6-7-12(2)9-14)11-16-18(13)22-19(23)20(16,3)4/h6-11,17H,5,21H2,1-4H3,(H,22,23). The van der Waals surface area contributed by atoms with Crippen LogP contribution in [0.1, 0.15) is 54.6 Å². The lowest BCUT2D eigenvalue weighted by atomic mass is 9.82. The Morgan fingerprint density at radius 3 is 2.57 bits per heavy atom. The quantitative estimate of drug-likeness (QED) is 0.905. The second-order valence-electron chi connectivity index (χ2n) is 6.93. The Balaban J connectivity index is 2.12. The molecule has 1 amide bonds. The van der Waals surface area contributed by atoms with E-state index in [-0.39, 0.29) is 11.9 Å². The zero-order valence-corrected chi connectivity index (χ0v) is 14.2. The fraction of sp³-hybridized carbons (Fsp3) is 0.350. The fourth-order valence-corrected chi connectivity index (χ4v) is 3.27. The molecule has 0 spiro atoms. The lowest BCUT2D eigenvalue weighted by molar-refractivity contribution is -0.119. The number of carbonyl (C=O) groups is 1. The van der Waals surface area contributed by atoms with Crippen LogP contribution in [-0.2, 0) is 16.6 Å². The Morgan fingerprint density at radius 1 is 1.17 bits per heavy atom. The van der Waals surface area contributed by atoms with Gasteiger partial charge in [-0.15, -0.1) is 0 Å². The molecule has 3 rings (SSSR count). The topological polar surface area (TPSA) is 55.1 Å². The summed E-state index contributed by atoms with van der Waals surface area (Å²) in [6.07, 6.45) is 0.868. The Labute approximate surface area is 137 Å². The summed E-state index contributed by atoms with van der Waals surface area (Å²) < 4.78 is 0. The number of hydrogen-bond acceptors (Lipinski definition) is 2. The Hall–Kier alpha value is -2.13. The summed E-state index contributed by atoms with van der Waals surface area (Å²) >= 11 is 0. The molecule has 3 nitrogen and oxygen atoms in total. The average molecular weight is 308 g/mol. The van der Waals surface area contributed by atoms with Gasteiger partial charge in [0.05, 0.1) is 11.5 Å². The van der Waals surface area contributed by atoms with Crippen molar-refractivity contribution >= 4 is 11.6 Å². The normalized spacial score (nSPS) is 16.8. The van der Waals surface area contributed by atoms with Crippen LogP contribution in [0.2, 0.25) is 0 Å². The minimum Gasteiger partial charge on any atom is -0.325 e. The number of rotatable bonds is 3. The number of aryl methyl sites for hydroxylation is 2. The number of benzene rings is 2. The number of anilines is 1. The van der Waals surface area contributed by atoms with Gasteiger partial charge in [0.1, 0.15) is 0 Å². The van der Waals surface area contributed by atoms with Crippen molar-refractivity contribution in [1.29, 1.82) is 0 Å². The van der Waals surface area contributed by atoms with Crippen molar-refractivity contribution in [3.8, 4) is 0 Å². The summed E-state index contributed by atoms with van der Waals surface area (Å²) in [7, 11) is 0. The molecule has 1 heterocycles. The van der Waals surface area contributed by atoms with Crippen molar-refractivity contribution in [2.75, 3.05) is 5.32 Å². The van der Waals surface area contributed by atoms with Crippen LogP contribution in [0.3, 0.4) is 0 Å². The van der Waals surface area contributed by atoms with E-state index in [2.05, 4.69) is 49.5 Å². The van der Waals surface area contributed by atoms with Crippen LogP contribution in [0, 0.1) is 6.92 Å². The number of amides is 1. The van der Waals surface area contributed by atoms with E-state index in [9.17, 15) is 4.79 Å². The molecule has 3 N–H and O–H groups in total. The number of nitrogens with two attached hydrogens (primary N) is 1. The molecule has 0 fully saturated rings. The van der Waals surface area contributed by atoms with E-state index in [1.165, 1.54) is 5.56 Å². The van der Waals surface area contributed by atoms with Crippen LogP contribution >= 0.6 is 0 Å². The maximum atomic E-state index is 12.3. The molecule has 2 aromatic rings. The molecule has 0 radical (unpaired) electrons. The Kier molecular flexibility index (Phi) is 3.77. The number of nitrogens with one attached hydrogen (secondary N) is 1. The fourth-order valence-electron chi connectivity index (χ4n) is 3.27. The van der Waals surface area contributed by atoms with Gasteiger partial charge in [-0.3, -0.25) is 4.79 Å². The highest BCUT2D eigenvalue weighted by molar-refractivity contribution is 6.06. The Morgan fingerprint density at radius 2 is 1.91 bits per heavy atom. The van der Waals surface area contributed by atoms with E-state index in [1.54, 1.807) is 0 Å². The first-order valence-electron chi connectivity index (χ1n) is 8.15. The molecule has 1 atom stereocenters. The van der Waals surface area contributed by atoms with E-state index >= 15 is 0 Å². The van der Waals surface area contributed by atoms with E-state index < -0.39 is 5.41 Å². The molecule has 0 saturated carbocycles. The van der Waals surface area contributed by atoms with Crippen LogP contribution in [0.4, 0.5) is 5.69 Å². The van der Waals surface area contributed by atoms with Crippen molar-refractivity contribution in [3.05, 3.63) is 64.2 Å². The molecule has 3 heteroatoms. The molecule has 1 aliphatic rings. The molecular weight excluding hydrogens is 284 g/mol. The van der Waals surface area contributed by atoms with Crippen LogP contribution in [-0.4, -0.2) is 5.91 Å². The van der Waals surface area contributed by atoms with Crippen molar-refractivity contribution in [2.45, 2.75) is 45.6 Å². The average Bonchev–Trinajstić information content (AvgIpc) is 2.76. The minimum absolute atomic E-state index is 0.0588. The van der Waals surface area contributed by atoms with Crippen LogP contribution in [0.15, 0.2) is 36.4 Å². The maximum Gasteiger partial charge on any atom is 0.234 e. The molecule has 1 aliphatic heterocycles. The van der Waals surface area contributed by atoms with Gasteiger partial charge in [0.25, 0.3) is 0 Å². The third-order valence-electron chi connectivity index (χ3n) is 4.86. The molecular formula is C20H24N2O. The highest BCUT2D eigenvalue weighted by Gasteiger charge is 2.39. The molecule has 0 bridgehead atoms. The molecule has 0 aliphatic carbocycles. The van der Waals surface area contributed by atoms with Crippen LogP contribution in [0.5, 0.6) is 0 Å². The smallest absolute Gasteiger partial charge is 0.234 e. The van der Waals surface area contributed by atoms with Gasteiger partial charge in [-0.1, -0.05) is 48.9 Å². The zero-order valence-electron chi connectivity index (χ0n) is 14.2. The molecule has 1 unspecified atom stereocenters. The summed E-state index contributed by atoms with van der Waals surface area (Å²) in [5, 5.41) is 3.04. The summed E-state index contributed by atoms with van der Waals surface area (Å²) in [6, 6.07) is 12.3. The summed E-state index contributed by atoms with van der Waals surface area (Å²) in [5.74, 6) is 0.0588. The van der Waals surface area contributed by atoms with Gasteiger partial charge in [0.2, 0.25) is 5.91 Å². The summed E-state index contributed by atoms with van der Waals surface area (Å²) in [4.78, 5) is 12.3. The second kappa shape index (κ2) is 5.50. The summed E-state index contributed by atoms with van der Waals surface area (Å²) in [6.45, 7) is 8.11. The predicted molar refractivity (Wildman–Crippen MR) is 94.7 cm³/mol. The van der Waals surface area contributed by atoms with Crippen molar-refractivity contribution < 1.29 is 4.79 Å². The third-order valence-corrected chi connectivity index (χ3v) is 4.86. The molecule has 0 aromatic heterocycles. The van der Waals surface area contributed by atoms with Gasteiger partial charge in [-0.2, -0.15) is 0 Å². The molecule has 120 valence electrons. The van der Waals surface area contributed by atoms with Gasteiger partial charge in [0, 0.05) is 5.69 Å². The van der Waals surface area contributed by atoms with Crippen LogP contribution < -0.4 is 11.1 Å². The lowest BCUT2D eigenvalue weighted by Crippen LogP contribution is -2.27. The van der Waals surface area contributed by atoms with Gasteiger partial charge >= 0.3 is 0 Å². The largest absolute Gasteiger partial charge is 0.325 e. The minimum atomic E-state index is -0.512. The Bertz CT molecular complexity index is 777. The summed E-state index contributed by atoms with van der Waals surface area (Å²) in [5.41, 5.74) is 12.6. The van der Waals surface area contributed by atoms with E-state index in [0.717, 1.165) is 34.4 Å². The van der Waals surface area contributed by atoms with Gasteiger partial charge in [0.15, 0.2) is 0 Å². The highest BCUT2D eigenvalue weighted by Crippen LogP contribution is 2.41. The molecule has 2 aromatic carbocycles. The number of fused-ring (bicyclic) bond motifs is 1. The highest BCUT2D eigenvalue weighted by atomic mass is 16.2. The number of carbonyl (C=O) groups excluding carboxylic acids is 1.